The Labute approximate surface area is 99.1 Å². The van der Waals surface area contributed by atoms with Crippen LogP contribution in [-0.4, -0.2) is 17.6 Å². The molecule has 17 heavy (non-hydrogen) atoms. The minimum absolute atomic E-state index is 0.0433. The second-order valence-electron chi connectivity index (χ2n) is 3.60. The Morgan fingerprint density at radius 2 is 1.94 bits per heavy atom. The molecule has 0 bridgehead atoms. The molecule has 0 spiro atoms. The summed E-state index contributed by atoms with van der Waals surface area (Å²) in [6.45, 7) is 0.144. The summed E-state index contributed by atoms with van der Waals surface area (Å²) < 4.78 is 0. The first kappa shape index (κ1) is 11.0. The van der Waals surface area contributed by atoms with Crippen molar-refractivity contribution in [2.75, 3.05) is 6.54 Å². The van der Waals surface area contributed by atoms with Gasteiger partial charge in [0, 0.05) is 0 Å². The van der Waals surface area contributed by atoms with Crippen molar-refractivity contribution >= 4 is 16.7 Å². The van der Waals surface area contributed by atoms with Crippen molar-refractivity contribution in [3.8, 4) is 18.1 Å². The van der Waals surface area contributed by atoms with E-state index in [4.69, 9.17) is 6.42 Å². The molecule has 0 saturated carbocycles. The SMILES string of the molecule is C#CCNC(=O)c1cc2ccccc2cc1O. The minimum atomic E-state index is -0.369. The molecule has 3 heteroatoms. The molecule has 0 saturated heterocycles. The first-order chi connectivity index (χ1) is 8.22. The summed E-state index contributed by atoms with van der Waals surface area (Å²) in [6, 6.07) is 10.7. The Bertz CT molecular complexity index is 611. The number of carbonyl (C=O) groups excluding carboxylic acids is 1. The van der Waals surface area contributed by atoms with Crippen LogP contribution in [0, 0.1) is 12.3 Å². The third kappa shape index (κ3) is 2.21. The second kappa shape index (κ2) is 4.58. The quantitative estimate of drug-likeness (QED) is 0.767. The highest BCUT2D eigenvalue weighted by Gasteiger charge is 2.11. The molecule has 2 aromatic rings. The highest BCUT2D eigenvalue weighted by atomic mass is 16.3. The van der Waals surface area contributed by atoms with Gasteiger partial charge in [0.25, 0.3) is 5.91 Å². The summed E-state index contributed by atoms with van der Waals surface area (Å²) in [5.41, 5.74) is 0.235. The molecule has 1 amide bonds. The van der Waals surface area contributed by atoms with Crippen molar-refractivity contribution in [3.05, 3.63) is 42.0 Å². The number of phenolic OH excluding ortho intramolecular Hbond substituents is 1. The van der Waals surface area contributed by atoms with Gasteiger partial charge in [-0.1, -0.05) is 30.2 Å². The molecule has 0 aliphatic rings. The predicted octanol–water partition coefficient (Wildman–Crippen LogP) is 1.91. The van der Waals surface area contributed by atoms with Crippen molar-refractivity contribution in [1.29, 1.82) is 0 Å². The number of fused-ring (bicyclic) bond motifs is 1. The van der Waals surface area contributed by atoms with Crippen molar-refractivity contribution in [3.63, 3.8) is 0 Å². The molecule has 2 rings (SSSR count). The van der Waals surface area contributed by atoms with Gasteiger partial charge >= 0.3 is 0 Å². The molecule has 0 radical (unpaired) electrons. The average Bonchev–Trinajstić information content (AvgIpc) is 2.35. The molecule has 0 aromatic heterocycles. The zero-order valence-corrected chi connectivity index (χ0v) is 9.10. The molecule has 3 nitrogen and oxygen atoms in total. The fourth-order valence-electron chi connectivity index (χ4n) is 1.64. The Hall–Kier alpha value is -2.47. The smallest absolute Gasteiger partial charge is 0.255 e. The van der Waals surface area contributed by atoms with E-state index in [0.29, 0.717) is 0 Å². The number of carbonyl (C=O) groups is 1. The van der Waals surface area contributed by atoms with E-state index >= 15 is 0 Å². The van der Waals surface area contributed by atoms with E-state index < -0.39 is 0 Å². The lowest BCUT2D eigenvalue weighted by atomic mass is 10.1. The van der Waals surface area contributed by atoms with Crippen LogP contribution in [0.3, 0.4) is 0 Å². The normalized spacial score (nSPS) is 9.82. The summed E-state index contributed by atoms with van der Waals surface area (Å²) in [5.74, 6) is 1.90. The zero-order valence-electron chi connectivity index (χ0n) is 9.10. The second-order valence-corrected chi connectivity index (χ2v) is 3.60. The van der Waals surface area contributed by atoms with Crippen LogP contribution in [-0.2, 0) is 0 Å². The van der Waals surface area contributed by atoms with Crippen molar-refractivity contribution in [2.24, 2.45) is 0 Å². The van der Waals surface area contributed by atoms with Gasteiger partial charge in [-0.25, -0.2) is 0 Å². The number of hydrogen-bond acceptors (Lipinski definition) is 2. The predicted molar refractivity (Wildman–Crippen MR) is 66.8 cm³/mol. The van der Waals surface area contributed by atoms with Crippen LogP contribution in [0.15, 0.2) is 36.4 Å². The van der Waals surface area contributed by atoms with Gasteiger partial charge in [0.15, 0.2) is 0 Å². The van der Waals surface area contributed by atoms with E-state index in [0.717, 1.165) is 10.8 Å². The third-order valence-corrected chi connectivity index (χ3v) is 2.46. The minimum Gasteiger partial charge on any atom is -0.507 e. The van der Waals surface area contributed by atoms with Gasteiger partial charge in [-0.05, 0) is 22.9 Å². The van der Waals surface area contributed by atoms with E-state index in [9.17, 15) is 9.90 Å². The number of benzene rings is 2. The van der Waals surface area contributed by atoms with Crippen molar-refractivity contribution in [2.45, 2.75) is 0 Å². The number of nitrogens with one attached hydrogen (secondary N) is 1. The maximum Gasteiger partial charge on any atom is 0.255 e. The van der Waals surface area contributed by atoms with E-state index in [1.165, 1.54) is 0 Å². The maximum absolute atomic E-state index is 11.7. The van der Waals surface area contributed by atoms with Crippen LogP contribution in [0.25, 0.3) is 10.8 Å². The summed E-state index contributed by atoms with van der Waals surface area (Å²) in [4.78, 5) is 11.7. The number of amides is 1. The Balaban J connectivity index is 2.44. The molecule has 0 aliphatic heterocycles. The van der Waals surface area contributed by atoms with Crippen LogP contribution in [0.5, 0.6) is 5.75 Å². The lowest BCUT2D eigenvalue weighted by molar-refractivity contribution is 0.0956. The molecule has 84 valence electrons. The van der Waals surface area contributed by atoms with Crippen LogP contribution < -0.4 is 5.32 Å². The standard InChI is InChI=1S/C14H11NO2/c1-2-7-15-14(17)12-8-10-5-3-4-6-11(10)9-13(12)16/h1,3-6,8-9,16H,7H2,(H,15,17). The van der Waals surface area contributed by atoms with Gasteiger partial charge in [0.1, 0.15) is 5.75 Å². The monoisotopic (exact) mass is 225 g/mol. The zero-order chi connectivity index (χ0) is 12.3. The van der Waals surface area contributed by atoms with Gasteiger partial charge in [-0.2, -0.15) is 0 Å². The van der Waals surface area contributed by atoms with Gasteiger partial charge in [0.05, 0.1) is 12.1 Å². The molecule has 0 aliphatic carbocycles. The number of hydrogen-bond donors (Lipinski definition) is 2. The topological polar surface area (TPSA) is 49.3 Å². The lowest BCUT2D eigenvalue weighted by Gasteiger charge is -2.06. The van der Waals surface area contributed by atoms with Crippen molar-refractivity contribution < 1.29 is 9.90 Å². The largest absolute Gasteiger partial charge is 0.507 e. The van der Waals surface area contributed by atoms with Gasteiger partial charge < -0.3 is 10.4 Å². The number of aromatic hydroxyl groups is 1. The van der Waals surface area contributed by atoms with E-state index in [1.54, 1.807) is 12.1 Å². The molecular formula is C14H11NO2. The van der Waals surface area contributed by atoms with E-state index in [1.807, 2.05) is 24.3 Å². The van der Waals surface area contributed by atoms with Crippen LogP contribution in [0.2, 0.25) is 0 Å². The van der Waals surface area contributed by atoms with Crippen LogP contribution in [0.4, 0.5) is 0 Å². The van der Waals surface area contributed by atoms with Gasteiger partial charge in [-0.3, -0.25) is 4.79 Å². The molecule has 2 N–H and O–H groups in total. The highest BCUT2D eigenvalue weighted by Crippen LogP contribution is 2.24. The van der Waals surface area contributed by atoms with Crippen LogP contribution >= 0.6 is 0 Å². The number of phenols is 1. The number of terminal acetylenes is 1. The third-order valence-electron chi connectivity index (χ3n) is 2.46. The first-order valence-electron chi connectivity index (χ1n) is 5.16. The van der Waals surface area contributed by atoms with E-state index in [2.05, 4.69) is 11.2 Å². The molecular weight excluding hydrogens is 214 g/mol. The number of rotatable bonds is 2. The molecule has 0 fully saturated rings. The lowest BCUT2D eigenvalue weighted by Crippen LogP contribution is -2.23. The fourth-order valence-corrected chi connectivity index (χ4v) is 1.64. The molecule has 0 unspecified atom stereocenters. The Morgan fingerprint density at radius 3 is 2.59 bits per heavy atom. The van der Waals surface area contributed by atoms with Crippen LogP contribution in [0.1, 0.15) is 10.4 Å². The Kier molecular flexibility index (Phi) is 2.97. The molecule has 0 atom stereocenters. The highest BCUT2D eigenvalue weighted by molar-refractivity contribution is 6.01. The summed E-state index contributed by atoms with van der Waals surface area (Å²) in [6.07, 6.45) is 5.06. The average molecular weight is 225 g/mol. The van der Waals surface area contributed by atoms with Gasteiger partial charge in [-0.15, -0.1) is 6.42 Å². The van der Waals surface area contributed by atoms with Gasteiger partial charge in [0.2, 0.25) is 0 Å². The van der Waals surface area contributed by atoms with E-state index in [-0.39, 0.29) is 23.8 Å². The fraction of sp³-hybridized carbons (Fsp3) is 0.0714. The summed E-state index contributed by atoms with van der Waals surface area (Å²) in [5, 5.41) is 14.1. The van der Waals surface area contributed by atoms with Crippen molar-refractivity contribution in [1.82, 2.24) is 5.32 Å². The maximum atomic E-state index is 11.7. The summed E-state index contributed by atoms with van der Waals surface area (Å²) >= 11 is 0. The molecule has 0 heterocycles. The summed E-state index contributed by atoms with van der Waals surface area (Å²) in [7, 11) is 0. The Morgan fingerprint density at radius 1 is 1.29 bits per heavy atom. The first-order valence-corrected chi connectivity index (χ1v) is 5.16. The molecule has 2 aromatic carbocycles.